The zero-order valence-electron chi connectivity index (χ0n) is 11.2. The number of carbonyl (C=O) groups is 2. The van der Waals surface area contributed by atoms with Crippen molar-refractivity contribution in [3.8, 4) is 0 Å². The molecule has 20 heavy (non-hydrogen) atoms. The summed E-state index contributed by atoms with van der Waals surface area (Å²) in [5.41, 5.74) is 0.822. The number of aromatic nitrogens is 2. The molecular formula is C13H17N3O4. The van der Waals surface area contributed by atoms with Crippen LogP contribution in [0.4, 0.5) is 0 Å². The normalized spacial score (nSPS) is 22.2. The quantitative estimate of drug-likeness (QED) is 0.750. The Morgan fingerprint density at radius 3 is 3.00 bits per heavy atom. The fraction of sp³-hybridized carbons (Fsp3) is 0.462. The molecule has 7 nitrogen and oxygen atoms in total. The number of hydrogen-bond acceptors (Lipinski definition) is 4. The number of carboxylic acids is 1. The van der Waals surface area contributed by atoms with E-state index in [1.807, 2.05) is 0 Å². The van der Waals surface area contributed by atoms with E-state index in [2.05, 4.69) is 10.4 Å². The van der Waals surface area contributed by atoms with Crippen LogP contribution in [0, 0.1) is 0 Å². The van der Waals surface area contributed by atoms with Gasteiger partial charge >= 0.3 is 5.97 Å². The molecule has 0 radical (unpaired) electrons. The molecule has 2 unspecified atom stereocenters. The molecule has 0 aliphatic carbocycles. The highest BCUT2D eigenvalue weighted by Crippen LogP contribution is 2.19. The average molecular weight is 279 g/mol. The van der Waals surface area contributed by atoms with Gasteiger partial charge in [-0.2, -0.15) is 5.10 Å². The fourth-order valence-electron chi connectivity index (χ4n) is 2.02. The van der Waals surface area contributed by atoms with Gasteiger partial charge in [-0.1, -0.05) is 0 Å². The first-order valence-corrected chi connectivity index (χ1v) is 6.38. The summed E-state index contributed by atoms with van der Waals surface area (Å²) in [4.78, 5) is 22.3. The van der Waals surface area contributed by atoms with Crippen LogP contribution < -0.4 is 5.32 Å². The lowest BCUT2D eigenvalue weighted by atomic mass is 10.2. The molecule has 0 spiro atoms. The van der Waals surface area contributed by atoms with Crippen LogP contribution in [0.25, 0.3) is 6.08 Å². The number of carboxylic acid groups (broad SMARTS) is 1. The second-order valence-electron chi connectivity index (χ2n) is 4.62. The van der Waals surface area contributed by atoms with E-state index in [-0.39, 0.29) is 12.0 Å². The topological polar surface area (TPSA) is 93.5 Å². The fourth-order valence-corrected chi connectivity index (χ4v) is 2.02. The molecule has 1 aliphatic heterocycles. The smallest absolute Gasteiger partial charge is 0.332 e. The van der Waals surface area contributed by atoms with Gasteiger partial charge in [-0.25, -0.2) is 4.79 Å². The number of carbonyl (C=O) groups excluding carboxylic acids is 1. The first-order valence-electron chi connectivity index (χ1n) is 6.38. The molecule has 2 rings (SSSR count). The molecule has 1 aromatic rings. The third-order valence-electron chi connectivity index (χ3n) is 3.15. The molecule has 1 aliphatic rings. The first-order chi connectivity index (χ1) is 9.56. The Morgan fingerprint density at radius 1 is 1.60 bits per heavy atom. The predicted octanol–water partition coefficient (Wildman–Crippen LogP) is 0.182. The van der Waals surface area contributed by atoms with Crippen LogP contribution in [0.1, 0.15) is 18.5 Å². The highest BCUT2D eigenvalue weighted by atomic mass is 16.5. The summed E-state index contributed by atoms with van der Waals surface area (Å²) in [5, 5.41) is 15.5. The van der Waals surface area contributed by atoms with Crippen molar-refractivity contribution in [1.29, 1.82) is 0 Å². The number of hydrogen-bond donors (Lipinski definition) is 2. The van der Waals surface area contributed by atoms with Gasteiger partial charge in [-0.05, 0) is 25.0 Å². The molecule has 2 atom stereocenters. The highest BCUT2D eigenvalue weighted by Gasteiger charge is 2.30. The molecule has 1 saturated heterocycles. The lowest BCUT2D eigenvalue weighted by molar-refractivity contribution is -0.149. The number of rotatable bonds is 5. The van der Waals surface area contributed by atoms with Gasteiger partial charge < -0.3 is 15.2 Å². The van der Waals surface area contributed by atoms with Gasteiger partial charge in [0.2, 0.25) is 5.91 Å². The molecule has 1 fully saturated rings. The molecule has 0 aromatic carbocycles. The summed E-state index contributed by atoms with van der Waals surface area (Å²) in [6.07, 6.45) is 4.88. The number of nitrogens with zero attached hydrogens (tertiary/aromatic N) is 2. The zero-order chi connectivity index (χ0) is 14.5. The molecule has 1 aromatic heterocycles. The Bertz CT molecular complexity index is 523. The standard InChI is InChI=1S/C13H17N3O4/c1-16-9(6-7-15-16)2-5-12(17)14-8-10-3-4-11(20-10)13(18)19/h2,5-7,10-11H,3-4,8H2,1H3,(H,14,17)(H,18,19)/b5-2+. The monoisotopic (exact) mass is 279 g/mol. The maximum absolute atomic E-state index is 11.6. The van der Waals surface area contributed by atoms with E-state index in [0.29, 0.717) is 19.4 Å². The molecule has 2 heterocycles. The molecule has 7 heteroatoms. The first kappa shape index (κ1) is 14.3. The molecule has 1 amide bonds. The Hall–Kier alpha value is -2.15. The van der Waals surface area contributed by atoms with Crippen molar-refractivity contribution in [3.05, 3.63) is 24.0 Å². The van der Waals surface area contributed by atoms with Crippen molar-refractivity contribution in [2.24, 2.45) is 7.05 Å². The minimum absolute atomic E-state index is 0.231. The van der Waals surface area contributed by atoms with Crippen molar-refractivity contribution in [3.63, 3.8) is 0 Å². The summed E-state index contributed by atoms with van der Waals surface area (Å²) < 4.78 is 6.94. The van der Waals surface area contributed by atoms with Gasteiger partial charge in [0.15, 0.2) is 6.10 Å². The van der Waals surface area contributed by atoms with Crippen molar-refractivity contribution < 1.29 is 19.4 Å². The summed E-state index contributed by atoms with van der Waals surface area (Å²) >= 11 is 0. The van der Waals surface area contributed by atoms with Crippen molar-refractivity contribution in [1.82, 2.24) is 15.1 Å². The average Bonchev–Trinajstić information content (AvgIpc) is 3.03. The predicted molar refractivity (Wildman–Crippen MR) is 70.8 cm³/mol. The van der Waals surface area contributed by atoms with Gasteiger partial charge in [0.1, 0.15) is 0 Å². The minimum atomic E-state index is -0.949. The third kappa shape index (κ3) is 3.67. The van der Waals surface area contributed by atoms with Crippen LogP contribution in [0.3, 0.4) is 0 Å². The number of ether oxygens (including phenoxy) is 1. The van der Waals surface area contributed by atoms with Crippen molar-refractivity contribution >= 4 is 18.0 Å². The number of nitrogens with one attached hydrogen (secondary N) is 1. The number of aryl methyl sites for hydroxylation is 1. The van der Waals surface area contributed by atoms with Gasteiger partial charge in [-0.3, -0.25) is 9.48 Å². The van der Waals surface area contributed by atoms with Gasteiger partial charge in [-0.15, -0.1) is 0 Å². The summed E-state index contributed by atoms with van der Waals surface area (Å²) in [5.74, 6) is -1.19. The van der Waals surface area contributed by atoms with Crippen molar-refractivity contribution in [2.75, 3.05) is 6.54 Å². The van der Waals surface area contributed by atoms with Crippen LogP contribution in [-0.4, -0.2) is 45.5 Å². The minimum Gasteiger partial charge on any atom is -0.479 e. The summed E-state index contributed by atoms with van der Waals surface area (Å²) in [7, 11) is 1.79. The maximum Gasteiger partial charge on any atom is 0.332 e. The van der Waals surface area contributed by atoms with Crippen LogP contribution >= 0.6 is 0 Å². The van der Waals surface area contributed by atoms with Crippen LogP contribution in [0.5, 0.6) is 0 Å². The largest absolute Gasteiger partial charge is 0.479 e. The van der Waals surface area contributed by atoms with Crippen LogP contribution in [0.15, 0.2) is 18.3 Å². The second-order valence-corrected chi connectivity index (χ2v) is 4.62. The Kier molecular flexibility index (Phi) is 4.52. The van der Waals surface area contributed by atoms with E-state index in [4.69, 9.17) is 9.84 Å². The van der Waals surface area contributed by atoms with E-state index >= 15 is 0 Å². The van der Waals surface area contributed by atoms with Gasteiger partial charge in [0.05, 0.1) is 11.8 Å². The zero-order valence-corrected chi connectivity index (χ0v) is 11.2. The lowest BCUT2D eigenvalue weighted by Gasteiger charge is -2.11. The lowest BCUT2D eigenvalue weighted by Crippen LogP contribution is -2.32. The summed E-state index contributed by atoms with van der Waals surface area (Å²) in [6.45, 7) is 0.318. The Morgan fingerprint density at radius 2 is 2.40 bits per heavy atom. The van der Waals surface area contributed by atoms with E-state index in [0.717, 1.165) is 5.69 Å². The number of aliphatic carboxylic acids is 1. The molecule has 0 bridgehead atoms. The van der Waals surface area contributed by atoms with Crippen molar-refractivity contribution in [2.45, 2.75) is 25.0 Å². The Labute approximate surface area is 116 Å². The Balaban J connectivity index is 1.75. The molecule has 0 saturated carbocycles. The second kappa shape index (κ2) is 6.33. The highest BCUT2D eigenvalue weighted by molar-refractivity contribution is 5.91. The SMILES string of the molecule is Cn1nccc1/C=C/C(=O)NCC1CCC(C(=O)O)O1. The molecule has 108 valence electrons. The van der Waals surface area contributed by atoms with Gasteiger partial charge in [0, 0.05) is 25.9 Å². The van der Waals surface area contributed by atoms with E-state index in [1.165, 1.54) is 6.08 Å². The van der Waals surface area contributed by atoms with Crippen LogP contribution in [-0.2, 0) is 21.4 Å². The molecule has 2 N–H and O–H groups in total. The van der Waals surface area contributed by atoms with E-state index in [1.54, 1.807) is 30.1 Å². The molecular weight excluding hydrogens is 262 g/mol. The van der Waals surface area contributed by atoms with E-state index < -0.39 is 12.1 Å². The maximum atomic E-state index is 11.6. The van der Waals surface area contributed by atoms with E-state index in [9.17, 15) is 9.59 Å². The summed E-state index contributed by atoms with van der Waals surface area (Å²) in [6, 6.07) is 1.79. The third-order valence-corrected chi connectivity index (χ3v) is 3.15. The number of amides is 1. The van der Waals surface area contributed by atoms with Crippen LogP contribution in [0.2, 0.25) is 0 Å². The van der Waals surface area contributed by atoms with Gasteiger partial charge in [0.25, 0.3) is 0 Å².